The standard InChI is InChI=1S/C9H14N4O2S2/c1-16-9(2-3-9)5-13-7(10)11-12-8(13)17-4-6(14)15/h2-5H2,1H3,(H2,10,11)(H,14,15). The Balaban J connectivity index is 2.09. The zero-order chi connectivity index (χ0) is 12.5. The highest BCUT2D eigenvalue weighted by Gasteiger charge is 2.43. The molecule has 17 heavy (non-hydrogen) atoms. The monoisotopic (exact) mass is 274 g/mol. The number of anilines is 1. The summed E-state index contributed by atoms with van der Waals surface area (Å²) in [5.74, 6) is -0.531. The quantitative estimate of drug-likeness (QED) is 0.745. The van der Waals surface area contributed by atoms with Crippen molar-refractivity contribution in [1.82, 2.24) is 14.8 Å². The summed E-state index contributed by atoms with van der Waals surface area (Å²) in [4.78, 5) is 10.5. The van der Waals surface area contributed by atoms with E-state index in [4.69, 9.17) is 10.8 Å². The van der Waals surface area contributed by atoms with Crippen molar-refractivity contribution < 1.29 is 9.90 Å². The molecule has 1 aromatic rings. The van der Waals surface area contributed by atoms with Crippen molar-refractivity contribution >= 4 is 35.4 Å². The van der Waals surface area contributed by atoms with Gasteiger partial charge in [-0.25, -0.2) is 0 Å². The van der Waals surface area contributed by atoms with Gasteiger partial charge in [-0.2, -0.15) is 11.8 Å². The second-order valence-electron chi connectivity index (χ2n) is 4.00. The maximum absolute atomic E-state index is 10.5. The first-order valence-electron chi connectivity index (χ1n) is 5.15. The summed E-state index contributed by atoms with van der Waals surface area (Å²) in [6, 6.07) is 0. The number of nitrogen functional groups attached to an aromatic ring is 1. The lowest BCUT2D eigenvalue weighted by Crippen LogP contribution is -2.16. The van der Waals surface area contributed by atoms with Crippen molar-refractivity contribution in [3.8, 4) is 0 Å². The van der Waals surface area contributed by atoms with E-state index in [0.29, 0.717) is 11.1 Å². The van der Waals surface area contributed by atoms with E-state index in [9.17, 15) is 4.79 Å². The van der Waals surface area contributed by atoms with Crippen LogP contribution >= 0.6 is 23.5 Å². The van der Waals surface area contributed by atoms with Crippen LogP contribution in [0, 0.1) is 0 Å². The maximum atomic E-state index is 10.5. The smallest absolute Gasteiger partial charge is 0.313 e. The van der Waals surface area contributed by atoms with Crippen LogP contribution < -0.4 is 5.73 Å². The van der Waals surface area contributed by atoms with E-state index in [-0.39, 0.29) is 10.5 Å². The summed E-state index contributed by atoms with van der Waals surface area (Å²) in [5.41, 5.74) is 5.76. The molecule has 0 amide bonds. The number of carbonyl (C=O) groups is 1. The molecule has 94 valence electrons. The van der Waals surface area contributed by atoms with Gasteiger partial charge in [0.15, 0.2) is 5.16 Å². The predicted molar refractivity (Wildman–Crippen MR) is 68.3 cm³/mol. The number of carboxylic acid groups (broad SMARTS) is 1. The third kappa shape index (κ3) is 2.86. The predicted octanol–water partition coefficient (Wildman–Crippen LogP) is 0.933. The number of nitrogens with zero attached hydrogens (tertiary/aromatic N) is 3. The van der Waals surface area contributed by atoms with Gasteiger partial charge >= 0.3 is 5.97 Å². The molecule has 1 aliphatic carbocycles. The summed E-state index contributed by atoms with van der Waals surface area (Å²) in [7, 11) is 0. The molecule has 3 N–H and O–H groups in total. The highest BCUT2D eigenvalue weighted by atomic mass is 32.2. The molecule has 0 radical (unpaired) electrons. The SMILES string of the molecule is CSC1(Cn2c(N)nnc2SCC(=O)O)CC1. The minimum Gasteiger partial charge on any atom is -0.481 e. The number of rotatable bonds is 6. The highest BCUT2D eigenvalue weighted by molar-refractivity contribution is 8.00. The summed E-state index contributed by atoms with van der Waals surface area (Å²) in [6.45, 7) is 0.759. The van der Waals surface area contributed by atoms with Gasteiger partial charge in [0, 0.05) is 11.3 Å². The fourth-order valence-electron chi connectivity index (χ4n) is 1.54. The Labute approximate surface area is 107 Å². The van der Waals surface area contributed by atoms with Crippen LogP contribution in [0.4, 0.5) is 5.95 Å². The zero-order valence-corrected chi connectivity index (χ0v) is 11.1. The molecule has 1 aliphatic rings. The highest BCUT2D eigenvalue weighted by Crippen LogP contribution is 2.49. The minimum atomic E-state index is -0.867. The normalized spacial score (nSPS) is 17.0. The second-order valence-corrected chi connectivity index (χ2v) is 6.21. The van der Waals surface area contributed by atoms with Crippen LogP contribution in [0.3, 0.4) is 0 Å². The second kappa shape index (κ2) is 4.77. The number of carboxylic acids is 1. The van der Waals surface area contributed by atoms with Gasteiger partial charge in [-0.3, -0.25) is 9.36 Å². The van der Waals surface area contributed by atoms with Crippen LogP contribution in [0.1, 0.15) is 12.8 Å². The Morgan fingerprint density at radius 3 is 2.82 bits per heavy atom. The molecule has 6 nitrogen and oxygen atoms in total. The topological polar surface area (TPSA) is 94.0 Å². The molecule has 0 spiro atoms. The molecule has 1 saturated carbocycles. The molecule has 1 heterocycles. The lowest BCUT2D eigenvalue weighted by atomic mass is 10.4. The lowest BCUT2D eigenvalue weighted by molar-refractivity contribution is -0.133. The minimum absolute atomic E-state index is 0.0234. The largest absolute Gasteiger partial charge is 0.481 e. The van der Waals surface area contributed by atoms with E-state index in [1.807, 2.05) is 16.3 Å². The van der Waals surface area contributed by atoms with Crippen molar-refractivity contribution in [2.24, 2.45) is 0 Å². The summed E-state index contributed by atoms with van der Waals surface area (Å²) < 4.78 is 2.06. The molecule has 1 aromatic heterocycles. The third-order valence-electron chi connectivity index (χ3n) is 2.76. The molecule has 0 saturated heterocycles. The first kappa shape index (κ1) is 12.6. The van der Waals surface area contributed by atoms with Crippen molar-refractivity contribution in [2.75, 3.05) is 17.7 Å². The van der Waals surface area contributed by atoms with Crippen LogP contribution in [0.25, 0.3) is 0 Å². The summed E-state index contributed by atoms with van der Waals surface area (Å²) >= 11 is 2.98. The molecular weight excluding hydrogens is 260 g/mol. The van der Waals surface area contributed by atoms with Gasteiger partial charge < -0.3 is 10.8 Å². The van der Waals surface area contributed by atoms with E-state index in [1.54, 1.807) is 0 Å². The van der Waals surface area contributed by atoms with Gasteiger partial charge in [-0.05, 0) is 19.1 Å². The van der Waals surface area contributed by atoms with E-state index in [1.165, 1.54) is 0 Å². The number of thioether (sulfide) groups is 2. The van der Waals surface area contributed by atoms with E-state index in [2.05, 4.69) is 16.5 Å². The number of aliphatic carboxylic acids is 1. The molecule has 0 unspecified atom stereocenters. The third-order valence-corrected chi connectivity index (χ3v) is 5.11. The Kier molecular flexibility index (Phi) is 3.53. The van der Waals surface area contributed by atoms with Crippen LogP contribution in [-0.4, -0.2) is 42.6 Å². The maximum Gasteiger partial charge on any atom is 0.313 e. The number of aromatic nitrogens is 3. The number of hydrogen-bond acceptors (Lipinski definition) is 6. The lowest BCUT2D eigenvalue weighted by Gasteiger charge is -2.14. The molecule has 0 bridgehead atoms. The Hall–Kier alpha value is -0.890. The van der Waals surface area contributed by atoms with E-state index >= 15 is 0 Å². The summed E-state index contributed by atoms with van der Waals surface area (Å²) in [6.07, 6.45) is 4.40. The summed E-state index contributed by atoms with van der Waals surface area (Å²) in [5, 5.41) is 17.0. The van der Waals surface area contributed by atoms with E-state index < -0.39 is 5.97 Å². The average molecular weight is 274 g/mol. The van der Waals surface area contributed by atoms with Crippen LogP contribution in [-0.2, 0) is 11.3 Å². The van der Waals surface area contributed by atoms with Gasteiger partial charge in [-0.15, -0.1) is 10.2 Å². The van der Waals surface area contributed by atoms with Crippen molar-refractivity contribution in [3.63, 3.8) is 0 Å². The molecule has 8 heteroatoms. The van der Waals surface area contributed by atoms with Crippen LogP contribution in [0.5, 0.6) is 0 Å². The van der Waals surface area contributed by atoms with Gasteiger partial charge in [0.2, 0.25) is 5.95 Å². The molecule has 0 atom stereocenters. The number of nitrogens with two attached hydrogens (primary N) is 1. The van der Waals surface area contributed by atoms with Crippen molar-refractivity contribution in [2.45, 2.75) is 29.3 Å². The van der Waals surface area contributed by atoms with Gasteiger partial charge in [-0.1, -0.05) is 11.8 Å². The van der Waals surface area contributed by atoms with Gasteiger partial charge in [0.25, 0.3) is 0 Å². The molecule has 2 rings (SSSR count). The van der Waals surface area contributed by atoms with E-state index in [0.717, 1.165) is 31.1 Å². The fraction of sp³-hybridized carbons (Fsp3) is 0.667. The first-order chi connectivity index (χ1) is 8.06. The Morgan fingerprint density at radius 2 is 2.29 bits per heavy atom. The van der Waals surface area contributed by atoms with Crippen molar-refractivity contribution in [1.29, 1.82) is 0 Å². The molecule has 0 aliphatic heterocycles. The van der Waals surface area contributed by atoms with Crippen LogP contribution in [0.2, 0.25) is 0 Å². The number of hydrogen-bond donors (Lipinski definition) is 2. The first-order valence-corrected chi connectivity index (χ1v) is 7.36. The zero-order valence-electron chi connectivity index (χ0n) is 9.42. The fourth-order valence-corrected chi connectivity index (χ4v) is 2.97. The van der Waals surface area contributed by atoms with Gasteiger partial charge in [0.05, 0.1) is 5.75 Å². The molecule has 1 fully saturated rings. The average Bonchev–Trinajstić information content (AvgIpc) is 2.99. The molecular formula is C9H14N4O2S2. The Morgan fingerprint density at radius 1 is 1.59 bits per heavy atom. The van der Waals surface area contributed by atoms with Gasteiger partial charge in [0.1, 0.15) is 0 Å². The van der Waals surface area contributed by atoms with Crippen LogP contribution in [0.15, 0.2) is 5.16 Å². The Bertz CT molecular complexity index is 431. The molecule has 0 aromatic carbocycles. The van der Waals surface area contributed by atoms with Crippen molar-refractivity contribution in [3.05, 3.63) is 0 Å².